The molecule has 1 aromatic carbocycles. The fourth-order valence-electron chi connectivity index (χ4n) is 1.33. The van der Waals surface area contributed by atoms with Crippen molar-refractivity contribution in [2.45, 2.75) is 32.4 Å². The van der Waals surface area contributed by atoms with Gasteiger partial charge in [-0.25, -0.2) is 0 Å². The number of benzene rings is 1. The Morgan fingerprint density at radius 2 is 1.82 bits per heavy atom. The summed E-state index contributed by atoms with van der Waals surface area (Å²) in [6, 6.07) is 8.01. The molecule has 0 saturated carbocycles. The van der Waals surface area contributed by atoms with Gasteiger partial charge in [-0.05, 0) is 26.3 Å². The van der Waals surface area contributed by atoms with E-state index in [-0.39, 0.29) is 5.78 Å². The Hall–Kier alpha value is -1.68. The van der Waals surface area contributed by atoms with Crippen LogP contribution in [0.1, 0.15) is 26.3 Å². The van der Waals surface area contributed by atoms with Crippen LogP contribution in [-0.2, 0) is 15.2 Å². The lowest BCUT2D eigenvalue weighted by molar-refractivity contribution is -0.141. The van der Waals surface area contributed by atoms with Crippen LogP contribution < -0.4 is 5.32 Å². The lowest BCUT2D eigenvalue weighted by atomic mass is 9.95. The van der Waals surface area contributed by atoms with Crippen molar-refractivity contribution in [1.82, 2.24) is 5.32 Å². The average Bonchev–Trinajstić information content (AvgIpc) is 2.29. The predicted molar refractivity (Wildman–Crippen MR) is 64.3 cm³/mol. The number of amides is 1. The molecule has 1 amide bonds. The highest BCUT2D eigenvalue weighted by molar-refractivity contribution is 5.91. The minimum Gasteiger partial charge on any atom is -0.376 e. The van der Waals surface area contributed by atoms with Gasteiger partial charge in [-0.15, -0.1) is 0 Å². The Morgan fingerprint density at radius 3 is 2.29 bits per heavy atom. The Morgan fingerprint density at radius 1 is 1.29 bits per heavy atom. The van der Waals surface area contributed by atoms with Crippen LogP contribution in [0, 0.1) is 0 Å². The van der Waals surface area contributed by atoms with E-state index >= 15 is 0 Å². The third kappa shape index (κ3) is 3.14. The summed E-state index contributed by atoms with van der Waals surface area (Å²) in [5.74, 6) is -0.728. The van der Waals surface area contributed by atoms with E-state index in [1.807, 2.05) is 0 Å². The van der Waals surface area contributed by atoms with Crippen LogP contribution in [0.3, 0.4) is 0 Å². The predicted octanol–water partition coefficient (Wildman–Crippen LogP) is 0.988. The molecule has 0 aliphatic heterocycles. The maximum atomic E-state index is 11.9. The summed E-state index contributed by atoms with van der Waals surface area (Å²) in [6.07, 6.45) is 0. The monoisotopic (exact) mass is 235 g/mol. The number of aliphatic hydroxyl groups is 1. The standard InChI is InChI=1S/C13H17NO3/c1-9(10(2)15)14-12(16)13(3,17)11-7-5-4-6-8-11/h4-9,17H,1-3H3,(H,14,16)/t9-,13+/m0/s1. The van der Waals surface area contributed by atoms with E-state index in [1.54, 1.807) is 37.3 Å². The molecular weight excluding hydrogens is 218 g/mol. The maximum absolute atomic E-state index is 11.9. The molecule has 0 aromatic heterocycles. The molecule has 1 aromatic rings. The summed E-state index contributed by atoms with van der Waals surface area (Å²) in [5, 5.41) is 12.6. The first-order valence-corrected chi connectivity index (χ1v) is 5.45. The van der Waals surface area contributed by atoms with Crippen LogP contribution >= 0.6 is 0 Å². The molecule has 0 unspecified atom stereocenters. The number of hydrogen-bond donors (Lipinski definition) is 2. The van der Waals surface area contributed by atoms with Crippen molar-refractivity contribution < 1.29 is 14.7 Å². The van der Waals surface area contributed by atoms with E-state index < -0.39 is 17.6 Å². The molecule has 4 heteroatoms. The number of carbonyl (C=O) groups is 2. The molecule has 0 bridgehead atoms. The van der Waals surface area contributed by atoms with Crippen LogP contribution in [0.2, 0.25) is 0 Å². The van der Waals surface area contributed by atoms with Gasteiger partial charge in [0, 0.05) is 0 Å². The fraction of sp³-hybridized carbons (Fsp3) is 0.385. The summed E-state index contributed by atoms with van der Waals surface area (Å²) in [6.45, 7) is 4.38. The molecular formula is C13H17NO3. The molecule has 2 atom stereocenters. The molecule has 4 nitrogen and oxygen atoms in total. The summed E-state index contributed by atoms with van der Waals surface area (Å²) < 4.78 is 0. The number of rotatable bonds is 4. The molecule has 0 spiro atoms. The quantitative estimate of drug-likeness (QED) is 0.817. The van der Waals surface area contributed by atoms with E-state index in [4.69, 9.17) is 0 Å². The first-order valence-electron chi connectivity index (χ1n) is 5.45. The van der Waals surface area contributed by atoms with Crippen molar-refractivity contribution >= 4 is 11.7 Å². The van der Waals surface area contributed by atoms with Gasteiger partial charge in [-0.3, -0.25) is 9.59 Å². The van der Waals surface area contributed by atoms with Crippen molar-refractivity contribution in [3.8, 4) is 0 Å². The lowest BCUT2D eigenvalue weighted by Crippen LogP contribution is -2.47. The maximum Gasteiger partial charge on any atom is 0.256 e. The van der Waals surface area contributed by atoms with Crippen molar-refractivity contribution in [3.63, 3.8) is 0 Å². The van der Waals surface area contributed by atoms with Crippen molar-refractivity contribution in [3.05, 3.63) is 35.9 Å². The number of ketones is 1. The van der Waals surface area contributed by atoms with E-state index in [2.05, 4.69) is 5.32 Å². The molecule has 0 aliphatic carbocycles. The largest absolute Gasteiger partial charge is 0.376 e. The van der Waals surface area contributed by atoms with Gasteiger partial charge < -0.3 is 10.4 Å². The van der Waals surface area contributed by atoms with Gasteiger partial charge >= 0.3 is 0 Å². The molecule has 0 saturated heterocycles. The molecule has 92 valence electrons. The molecule has 0 fully saturated rings. The first kappa shape index (κ1) is 13.4. The molecule has 2 N–H and O–H groups in total. The molecule has 0 radical (unpaired) electrons. The van der Waals surface area contributed by atoms with Crippen LogP contribution in [0.5, 0.6) is 0 Å². The lowest BCUT2D eigenvalue weighted by Gasteiger charge is -2.24. The van der Waals surface area contributed by atoms with Crippen LogP contribution in [0.15, 0.2) is 30.3 Å². The molecule has 1 rings (SSSR count). The second-order valence-corrected chi connectivity index (χ2v) is 4.24. The van der Waals surface area contributed by atoms with Gasteiger partial charge in [0.1, 0.15) is 0 Å². The van der Waals surface area contributed by atoms with Crippen molar-refractivity contribution in [1.29, 1.82) is 0 Å². The van der Waals surface area contributed by atoms with Gasteiger partial charge in [0.2, 0.25) is 0 Å². The Labute approximate surface area is 101 Å². The highest BCUT2D eigenvalue weighted by Gasteiger charge is 2.33. The van der Waals surface area contributed by atoms with Crippen LogP contribution in [0.25, 0.3) is 0 Å². The van der Waals surface area contributed by atoms with E-state index in [9.17, 15) is 14.7 Å². The second kappa shape index (κ2) is 5.10. The highest BCUT2D eigenvalue weighted by Crippen LogP contribution is 2.20. The molecule has 17 heavy (non-hydrogen) atoms. The summed E-state index contributed by atoms with van der Waals surface area (Å²) >= 11 is 0. The van der Waals surface area contributed by atoms with E-state index in [0.717, 1.165) is 0 Å². The van der Waals surface area contributed by atoms with Crippen molar-refractivity contribution in [2.24, 2.45) is 0 Å². The molecule has 0 aliphatic rings. The third-order valence-corrected chi connectivity index (χ3v) is 2.74. The van der Waals surface area contributed by atoms with Crippen molar-refractivity contribution in [2.75, 3.05) is 0 Å². The number of Topliss-reactive ketones (excluding diaryl/α,β-unsaturated/α-hetero) is 1. The van der Waals surface area contributed by atoms with Gasteiger partial charge in [-0.2, -0.15) is 0 Å². The normalized spacial score (nSPS) is 15.8. The topological polar surface area (TPSA) is 66.4 Å². The summed E-state index contributed by atoms with van der Waals surface area (Å²) in [7, 11) is 0. The van der Waals surface area contributed by atoms with E-state index in [0.29, 0.717) is 5.56 Å². The second-order valence-electron chi connectivity index (χ2n) is 4.24. The van der Waals surface area contributed by atoms with Gasteiger partial charge in [0.05, 0.1) is 6.04 Å². The van der Waals surface area contributed by atoms with Crippen LogP contribution in [0.4, 0.5) is 0 Å². The first-order chi connectivity index (χ1) is 7.85. The van der Waals surface area contributed by atoms with Gasteiger partial charge in [-0.1, -0.05) is 30.3 Å². The van der Waals surface area contributed by atoms with Gasteiger partial charge in [0.15, 0.2) is 11.4 Å². The Balaban J connectivity index is 2.84. The SMILES string of the molecule is CC(=O)[C@H](C)NC(=O)[C@](C)(O)c1ccccc1. The third-order valence-electron chi connectivity index (χ3n) is 2.74. The Bertz CT molecular complexity index is 412. The zero-order valence-corrected chi connectivity index (χ0v) is 10.2. The summed E-state index contributed by atoms with van der Waals surface area (Å²) in [5.41, 5.74) is -1.14. The highest BCUT2D eigenvalue weighted by atomic mass is 16.3. The summed E-state index contributed by atoms with van der Waals surface area (Å²) in [4.78, 5) is 22.9. The average molecular weight is 235 g/mol. The smallest absolute Gasteiger partial charge is 0.256 e. The van der Waals surface area contributed by atoms with E-state index in [1.165, 1.54) is 13.8 Å². The minimum atomic E-state index is -1.63. The van der Waals surface area contributed by atoms with Gasteiger partial charge in [0.25, 0.3) is 5.91 Å². The number of nitrogens with one attached hydrogen (secondary N) is 1. The fourth-order valence-corrected chi connectivity index (χ4v) is 1.33. The molecule has 0 heterocycles. The zero-order chi connectivity index (χ0) is 13.1. The Kier molecular flexibility index (Phi) is 4.02. The number of carbonyl (C=O) groups excluding carboxylic acids is 2. The van der Waals surface area contributed by atoms with Crippen LogP contribution in [-0.4, -0.2) is 22.8 Å². The number of hydrogen-bond acceptors (Lipinski definition) is 3. The minimum absolute atomic E-state index is 0.151. The zero-order valence-electron chi connectivity index (χ0n) is 10.2.